The van der Waals surface area contributed by atoms with Crippen LogP contribution in [0, 0.1) is 0 Å². The average Bonchev–Trinajstić information content (AvgIpc) is 3.20. The molecule has 0 saturated carbocycles. The summed E-state index contributed by atoms with van der Waals surface area (Å²) in [5.41, 5.74) is 2.33. The van der Waals surface area contributed by atoms with Crippen LogP contribution in [0.4, 0.5) is 4.79 Å². The van der Waals surface area contributed by atoms with Gasteiger partial charge in [0.25, 0.3) is 0 Å². The largest absolute Gasteiger partial charge is 0.337 e. The lowest BCUT2D eigenvalue weighted by molar-refractivity contribution is 0.186. The van der Waals surface area contributed by atoms with Gasteiger partial charge >= 0.3 is 6.03 Å². The number of nitrogens with zero attached hydrogens (tertiary/aromatic N) is 2. The molecule has 2 amide bonds. The number of carbonyl (C=O) groups excluding carboxylic acids is 1. The van der Waals surface area contributed by atoms with Crippen LogP contribution in [0.3, 0.4) is 0 Å². The van der Waals surface area contributed by atoms with Gasteiger partial charge in [-0.3, -0.25) is 10.00 Å². The van der Waals surface area contributed by atoms with Crippen molar-refractivity contribution in [2.45, 2.75) is 32.5 Å². The van der Waals surface area contributed by atoms with Crippen molar-refractivity contribution < 1.29 is 4.79 Å². The summed E-state index contributed by atoms with van der Waals surface area (Å²) in [5, 5.41) is 14.6. The first-order valence-corrected chi connectivity index (χ1v) is 8.39. The second-order valence-electron chi connectivity index (χ2n) is 5.58. The Morgan fingerprint density at radius 3 is 3.23 bits per heavy atom. The van der Waals surface area contributed by atoms with Crippen molar-refractivity contribution >= 4 is 17.4 Å². The minimum atomic E-state index is -0.144. The van der Waals surface area contributed by atoms with Crippen LogP contribution in [-0.2, 0) is 19.5 Å². The molecule has 0 spiro atoms. The summed E-state index contributed by atoms with van der Waals surface area (Å²) in [6.45, 7) is 5.31. The van der Waals surface area contributed by atoms with E-state index in [4.69, 9.17) is 0 Å². The highest BCUT2D eigenvalue weighted by Crippen LogP contribution is 2.24. The molecular weight excluding hydrogens is 298 g/mol. The number of rotatable bonds is 5. The van der Waals surface area contributed by atoms with E-state index < -0.39 is 0 Å². The van der Waals surface area contributed by atoms with Gasteiger partial charge in [-0.25, -0.2) is 4.79 Å². The Bertz CT molecular complexity index is 609. The van der Waals surface area contributed by atoms with Crippen molar-refractivity contribution in [3.63, 3.8) is 0 Å². The van der Waals surface area contributed by atoms with Crippen molar-refractivity contribution in [3.05, 3.63) is 39.8 Å². The molecule has 1 aliphatic rings. The molecule has 0 saturated heterocycles. The second-order valence-corrected chi connectivity index (χ2v) is 6.58. The maximum absolute atomic E-state index is 11.8. The molecule has 1 aliphatic heterocycles. The molecule has 3 rings (SSSR count). The van der Waals surface area contributed by atoms with Gasteiger partial charge in [-0.05, 0) is 36.4 Å². The SMILES string of the molecule is C[C@@H](CNC(=O)NCc1ccn[nH]1)N1CCc2sccc2C1. The first-order chi connectivity index (χ1) is 10.7. The molecule has 118 valence electrons. The van der Waals surface area contributed by atoms with E-state index in [0.29, 0.717) is 19.1 Å². The Balaban J connectivity index is 1.40. The molecule has 3 heterocycles. The molecule has 2 aromatic heterocycles. The zero-order valence-electron chi connectivity index (χ0n) is 12.6. The molecule has 0 aromatic carbocycles. The number of H-pyrrole nitrogens is 1. The molecule has 7 heteroatoms. The Labute approximate surface area is 133 Å². The fourth-order valence-electron chi connectivity index (χ4n) is 2.64. The van der Waals surface area contributed by atoms with Crippen molar-refractivity contribution in [1.82, 2.24) is 25.7 Å². The molecule has 0 unspecified atom stereocenters. The lowest BCUT2D eigenvalue weighted by atomic mass is 10.1. The lowest BCUT2D eigenvalue weighted by Crippen LogP contribution is -2.46. The number of hydrogen-bond acceptors (Lipinski definition) is 4. The van der Waals surface area contributed by atoms with Gasteiger partial charge in [-0.1, -0.05) is 0 Å². The van der Waals surface area contributed by atoms with Crippen molar-refractivity contribution in [2.24, 2.45) is 0 Å². The predicted octanol–water partition coefficient (Wildman–Crippen LogP) is 1.72. The molecular formula is C15H21N5OS. The van der Waals surface area contributed by atoms with Crippen molar-refractivity contribution in [1.29, 1.82) is 0 Å². The third-order valence-electron chi connectivity index (χ3n) is 4.02. The zero-order valence-corrected chi connectivity index (χ0v) is 13.4. The molecule has 1 atom stereocenters. The number of aromatic nitrogens is 2. The summed E-state index contributed by atoms with van der Waals surface area (Å²) in [6, 6.07) is 4.24. The van der Waals surface area contributed by atoms with E-state index in [1.807, 2.05) is 17.4 Å². The Kier molecular flexibility index (Phi) is 4.74. The van der Waals surface area contributed by atoms with E-state index in [9.17, 15) is 4.79 Å². The molecule has 0 radical (unpaired) electrons. The van der Waals surface area contributed by atoms with Crippen LogP contribution < -0.4 is 10.6 Å². The molecule has 22 heavy (non-hydrogen) atoms. The van der Waals surface area contributed by atoms with Crippen molar-refractivity contribution in [3.8, 4) is 0 Å². The van der Waals surface area contributed by atoms with E-state index >= 15 is 0 Å². The first-order valence-electron chi connectivity index (χ1n) is 7.51. The average molecular weight is 319 g/mol. The molecule has 0 fully saturated rings. The molecule has 3 N–H and O–H groups in total. The molecule has 0 bridgehead atoms. The normalized spacial score (nSPS) is 16.0. The number of amides is 2. The van der Waals surface area contributed by atoms with E-state index in [2.05, 4.69) is 44.1 Å². The fourth-order valence-corrected chi connectivity index (χ4v) is 3.53. The van der Waals surface area contributed by atoms with E-state index in [0.717, 1.165) is 25.2 Å². The lowest BCUT2D eigenvalue weighted by Gasteiger charge is -2.32. The Morgan fingerprint density at radius 2 is 2.41 bits per heavy atom. The van der Waals surface area contributed by atoms with Gasteiger partial charge in [-0.2, -0.15) is 5.10 Å². The topological polar surface area (TPSA) is 73.0 Å². The fraction of sp³-hybridized carbons (Fsp3) is 0.467. The van der Waals surface area contributed by atoms with Crippen LogP contribution in [0.2, 0.25) is 0 Å². The van der Waals surface area contributed by atoms with Crippen LogP contribution in [0.15, 0.2) is 23.7 Å². The molecule has 0 aliphatic carbocycles. The van der Waals surface area contributed by atoms with Crippen LogP contribution in [0.25, 0.3) is 0 Å². The van der Waals surface area contributed by atoms with Crippen molar-refractivity contribution in [2.75, 3.05) is 13.1 Å². The minimum absolute atomic E-state index is 0.144. The maximum Gasteiger partial charge on any atom is 0.315 e. The number of nitrogens with one attached hydrogen (secondary N) is 3. The van der Waals surface area contributed by atoms with Gasteiger partial charge in [0.15, 0.2) is 0 Å². The van der Waals surface area contributed by atoms with Gasteiger partial charge in [0, 0.05) is 36.8 Å². The summed E-state index contributed by atoms with van der Waals surface area (Å²) >= 11 is 1.85. The third-order valence-corrected chi connectivity index (χ3v) is 5.04. The summed E-state index contributed by atoms with van der Waals surface area (Å²) in [7, 11) is 0. The highest BCUT2D eigenvalue weighted by Gasteiger charge is 2.21. The van der Waals surface area contributed by atoms with Gasteiger partial charge in [-0.15, -0.1) is 11.3 Å². The minimum Gasteiger partial charge on any atom is -0.337 e. The monoisotopic (exact) mass is 319 g/mol. The highest BCUT2D eigenvalue weighted by molar-refractivity contribution is 7.10. The van der Waals surface area contributed by atoms with Gasteiger partial charge in [0.1, 0.15) is 0 Å². The molecule has 6 nitrogen and oxygen atoms in total. The number of urea groups is 1. The summed E-state index contributed by atoms with van der Waals surface area (Å²) in [5.74, 6) is 0. The standard InChI is InChI=1S/C15H21N5OS/c1-11(20-6-3-14-12(10-20)4-7-22-14)8-16-15(21)17-9-13-2-5-18-19-13/h2,4-5,7,11H,3,6,8-10H2,1H3,(H,18,19)(H2,16,17,21)/t11-/m0/s1. The van der Waals surface area contributed by atoms with Crippen LogP contribution in [-0.4, -0.2) is 40.3 Å². The summed E-state index contributed by atoms with van der Waals surface area (Å²) < 4.78 is 0. The van der Waals surface area contributed by atoms with Crippen LogP contribution in [0.5, 0.6) is 0 Å². The Hall–Kier alpha value is -1.86. The Morgan fingerprint density at radius 1 is 1.50 bits per heavy atom. The number of carbonyl (C=O) groups is 1. The highest BCUT2D eigenvalue weighted by atomic mass is 32.1. The quantitative estimate of drug-likeness (QED) is 0.785. The van der Waals surface area contributed by atoms with Crippen LogP contribution in [0.1, 0.15) is 23.1 Å². The van der Waals surface area contributed by atoms with E-state index in [1.54, 1.807) is 6.20 Å². The predicted molar refractivity (Wildman–Crippen MR) is 86.7 cm³/mol. The maximum atomic E-state index is 11.8. The van der Waals surface area contributed by atoms with Gasteiger partial charge < -0.3 is 10.6 Å². The number of thiophene rings is 1. The van der Waals surface area contributed by atoms with Gasteiger partial charge in [0.05, 0.1) is 12.2 Å². The third kappa shape index (κ3) is 3.66. The smallest absolute Gasteiger partial charge is 0.315 e. The summed E-state index contributed by atoms with van der Waals surface area (Å²) in [6.07, 6.45) is 2.79. The number of fused-ring (bicyclic) bond motifs is 1. The van der Waals surface area contributed by atoms with Crippen LogP contribution >= 0.6 is 11.3 Å². The summed E-state index contributed by atoms with van der Waals surface area (Å²) in [4.78, 5) is 15.7. The van der Waals surface area contributed by atoms with E-state index in [-0.39, 0.29) is 6.03 Å². The molecule has 2 aromatic rings. The number of aromatic amines is 1. The second kappa shape index (κ2) is 6.93. The zero-order chi connectivity index (χ0) is 15.4. The van der Waals surface area contributed by atoms with Gasteiger partial charge in [0.2, 0.25) is 0 Å². The first kappa shape index (κ1) is 15.1. The van der Waals surface area contributed by atoms with E-state index in [1.165, 1.54) is 10.4 Å². The number of hydrogen-bond donors (Lipinski definition) is 3.